The molecule has 0 spiro atoms. The molecule has 1 N–H and O–H groups in total. The number of aromatic nitrogens is 1. The van der Waals surface area contributed by atoms with E-state index in [1.807, 2.05) is 31.2 Å². The number of rotatable bonds is 7. The first-order valence-corrected chi connectivity index (χ1v) is 10.3. The Labute approximate surface area is 172 Å². The van der Waals surface area contributed by atoms with Gasteiger partial charge in [-0.25, -0.2) is 0 Å². The van der Waals surface area contributed by atoms with Crippen molar-refractivity contribution in [3.8, 4) is 11.5 Å². The highest BCUT2D eigenvalue weighted by atomic mass is 16.5. The normalized spacial score (nSPS) is 16.7. The Morgan fingerprint density at radius 3 is 2.41 bits per heavy atom. The van der Waals surface area contributed by atoms with Gasteiger partial charge in [-0.05, 0) is 62.5 Å². The molecule has 1 aromatic heterocycles. The SMILES string of the molecule is COCCn1c(C)cc(O)c([C@H](c2ccc(OC)cc2)N2CCC(C)CC2)c1=O. The minimum atomic E-state index is -0.296. The number of piperidine rings is 1. The molecule has 1 fully saturated rings. The molecule has 0 saturated carbocycles. The van der Waals surface area contributed by atoms with Gasteiger partial charge in [0.25, 0.3) is 5.56 Å². The van der Waals surface area contributed by atoms with Crippen LogP contribution < -0.4 is 10.3 Å². The van der Waals surface area contributed by atoms with Crippen LogP contribution in [0.25, 0.3) is 0 Å². The Morgan fingerprint density at radius 1 is 1.17 bits per heavy atom. The van der Waals surface area contributed by atoms with Crippen molar-refractivity contribution in [3.63, 3.8) is 0 Å². The molecule has 1 aliphatic rings. The number of methoxy groups -OCH3 is 2. The van der Waals surface area contributed by atoms with E-state index in [0.29, 0.717) is 24.6 Å². The Hall–Kier alpha value is -2.31. The van der Waals surface area contributed by atoms with E-state index < -0.39 is 0 Å². The highest BCUT2D eigenvalue weighted by Crippen LogP contribution is 2.35. The molecule has 1 aliphatic heterocycles. The second-order valence-corrected chi connectivity index (χ2v) is 7.93. The van der Waals surface area contributed by atoms with Crippen LogP contribution in [-0.4, -0.2) is 48.5 Å². The first-order valence-electron chi connectivity index (χ1n) is 10.3. The highest BCUT2D eigenvalue weighted by Gasteiger charge is 2.31. The lowest BCUT2D eigenvalue weighted by Gasteiger charge is -2.37. The maximum atomic E-state index is 13.5. The molecule has 1 saturated heterocycles. The molecule has 29 heavy (non-hydrogen) atoms. The third-order valence-electron chi connectivity index (χ3n) is 5.93. The molecule has 0 unspecified atom stereocenters. The smallest absolute Gasteiger partial charge is 0.259 e. The summed E-state index contributed by atoms with van der Waals surface area (Å²) in [5.74, 6) is 1.50. The molecule has 6 nitrogen and oxygen atoms in total. The van der Waals surface area contributed by atoms with Gasteiger partial charge in [-0.1, -0.05) is 19.1 Å². The predicted molar refractivity (Wildman–Crippen MR) is 114 cm³/mol. The van der Waals surface area contributed by atoms with Gasteiger partial charge in [0.15, 0.2) is 0 Å². The minimum absolute atomic E-state index is 0.0561. The number of aryl methyl sites for hydroxylation is 1. The van der Waals surface area contributed by atoms with Crippen LogP contribution in [-0.2, 0) is 11.3 Å². The van der Waals surface area contributed by atoms with Crippen molar-refractivity contribution in [2.24, 2.45) is 5.92 Å². The molecule has 2 heterocycles. The van der Waals surface area contributed by atoms with Gasteiger partial charge in [0.05, 0.1) is 25.3 Å². The molecule has 1 aromatic carbocycles. The number of hydrogen-bond acceptors (Lipinski definition) is 5. The van der Waals surface area contributed by atoms with E-state index in [1.165, 1.54) is 0 Å². The first-order chi connectivity index (χ1) is 14.0. The van der Waals surface area contributed by atoms with Gasteiger partial charge < -0.3 is 19.1 Å². The van der Waals surface area contributed by atoms with Crippen molar-refractivity contribution in [3.05, 3.63) is 57.5 Å². The monoisotopic (exact) mass is 400 g/mol. The molecule has 0 bridgehead atoms. The molecule has 158 valence electrons. The number of nitrogens with zero attached hydrogens (tertiary/aromatic N) is 2. The second kappa shape index (κ2) is 9.46. The molecular formula is C23H32N2O4. The van der Waals surface area contributed by atoms with Crippen molar-refractivity contribution in [2.75, 3.05) is 33.9 Å². The molecular weight excluding hydrogens is 368 g/mol. The van der Waals surface area contributed by atoms with Crippen molar-refractivity contribution in [1.29, 1.82) is 0 Å². The van der Waals surface area contributed by atoms with E-state index in [-0.39, 0.29) is 17.4 Å². The summed E-state index contributed by atoms with van der Waals surface area (Å²) in [6.07, 6.45) is 2.16. The van der Waals surface area contributed by atoms with Crippen LogP contribution in [0.3, 0.4) is 0 Å². The van der Waals surface area contributed by atoms with Crippen LogP contribution in [0.1, 0.15) is 42.6 Å². The second-order valence-electron chi connectivity index (χ2n) is 7.93. The quantitative estimate of drug-likeness (QED) is 0.772. The van der Waals surface area contributed by atoms with Gasteiger partial charge in [-0.2, -0.15) is 0 Å². The Bertz CT molecular complexity index is 868. The zero-order valence-corrected chi connectivity index (χ0v) is 17.9. The first kappa shape index (κ1) is 21.4. The van der Waals surface area contributed by atoms with E-state index >= 15 is 0 Å². The predicted octanol–water partition coefficient (Wildman–Crippen LogP) is 3.34. The molecule has 6 heteroatoms. The number of likely N-dealkylation sites (tertiary alicyclic amines) is 1. The Kier molecular flexibility index (Phi) is 6.98. The van der Waals surface area contributed by atoms with E-state index in [1.54, 1.807) is 24.9 Å². The third-order valence-corrected chi connectivity index (χ3v) is 5.93. The topological polar surface area (TPSA) is 63.9 Å². The summed E-state index contributed by atoms with van der Waals surface area (Å²) in [6.45, 7) is 6.79. The number of pyridine rings is 1. The van der Waals surface area contributed by atoms with Gasteiger partial charge in [0.1, 0.15) is 11.5 Å². The van der Waals surface area contributed by atoms with E-state index in [4.69, 9.17) is 9.47 Å². The molecule has 0 amide bonds. The van der Waals surface area contributed by atoms with Crippen molar-refractivity contribution in [1.82, 2.24) is 9.47 Å². The van der Waals surface area contributed by atoms with Crippen molar-refractivity contribution >= 4 is 0 Å². The lowest BCUT2D eigenvalue weighted by Crippen LogP contribution is -2.40. The lowest BCUT2D eigenvalue weighted by molar-refractivity contribution is 0.154. The summed E-state index contributed by atoms with van der Waals surface area (Å²) in [5.41, 5.74) is 1.99. The van der Waals surface area contributed by atoms with Gasteiger partial charge in [-0.3, -0.25) is 9.69 Å². The fourth-order valence-electron chi connectivity index (χ4n) is 4.12. The van der Waals surface area contributed by atoms with Gasteiger partial charge in [-0.15, -0.1) is 0 Å². The van der Waals surface area contributed by atoms with Crippen LogP contribution in [0, 0.1) is 12.8 Å². The molecule has 0 aliphatic carbocycles. The van der Waals surface area contributed by atoms with Crippen LogP contribution in [0.4, 0.5) is 0 Å². The maximum absolute atomic E-state index is 13.5. The summed E-state index contributed by atoms with van der Waals surface area (Å²) in [7, 11) is 3.26. The molecule has 2 aromatic rings. The van der Waals surface area contributed by atoms with Crippen LogP contribution >= 0.6 is 0 Å². The number of benzene rings is 1. The zero-order chi connectivity index (χ0) is 21.0. The summed E-state index contributed by atoms with van der Waals surface area (Å²) >= 11 is 0. The third kappa shape index (κ3) is 4.65. The summed E-state index contributed by atoms with van der Waals surface area (Å²) in [6, 6.07) is 9.18. The molecule has 1 atom stereocenters. The largest absolute Gasteiger partial charge is 0.507 e. The number of hydrogen-bond donors (Lipinski definition) is 1. The van der Waals surface area contributed by atoms with E-state index in [0.717, 1.165) is 42.9 Å². The fourth-order valence-corrected chi connectivity index (χ4v) is 4.12. The zero-order valence-electron chi connectivity index (χ0n) is 17.9. The van der Waals surface area contributed by atoms with Crippen LogP contribution in [0.2, 0.25) is 0 Å². The maximum Gasteiger partial charge on any atom is 0.259 e. The van der Waals surface area contributed by atoms with E-state index in [2.05, 4.69) is 11.8 Å². The fraction of sp³-hybridized carbons (Fsp3) is 0.522. The average molecular weight is 401 g/mol. The van der Waals surface area contributed by atoms with Crippen LogP contribution in [0.5, 0.6) is 11.5 Å². The standard InChI is InChI=1S/C23H32N2O4/c1-16-9-11-24(12-10-16)22(18-5-7-19(29-4)8-6-18)21-20(26)15-17(2)25(23(21)27)13-14-28-3/h5-8,15-16,22,26H,9-14H2,1-4H3/t22-/m0/s1. The summed E-state index contributed by atoms with van der Waals surface area (Å²) in [4.78, 5) is 15.8. The highest BCUT2D eigenvalue weighted by molar-refractivity contribution is 5.42. The molecule has 0 radical (unpaired) electrons. The van der Waals surface area contributed by atoms with Gasteiger partial charge >= 0.3 is 0 Å². The number of aromatic hydroxyl groups is 1. The number of ether oxygens (including phenoxy) is 2. The summed E-state index contributed by atoms with van der Waals surface area (Å²) < 4.78 is 12.2. The Balaban J connectivity index is 2.11. The van der Waals surface area contributed by atoms with Crippen molar-refractivity contribution in [2.45, 2.75) is 39.3 Å². The van der Waals surface area contributed by atoms with Crippen molar-refractivity contribution < 1.29 is 14.6 Å². The molecule has 3 rings (SSSR count). The lowest BCUT2D eigenvalue weighted by atomic mass is 9.92. The van der Waals surface area contributed by atoms with E-state index in [9.17, 15) is 9.90 Å². The van der Waals surface area contributed by atoms with Gasteiger partial charge in [0, 0.05) is 19.3 Å². The van der Waals surface area contributed by atoms with Gasteiger partial charge in [0.2, 0.25) is 0 Å². The minimum Gasteiger partial charge on any atom is -0.507 e. The van der Waals surface area contributed by atoms with Crippen LogP contribution in [0.15, 0.2) is 35.1 Å². The average Bonchev–Trinajstić information content (AvgIpc) is 2.72. The Morgan fingerprint density at radius 2 is 1.83 bits per heavy atom. The summed E-state index contributed by atoms with van der Waals surface area (Å²) in [5, 5.41) is 10.8.